The first kappa shape index (κ1) is 18.7. The number of fused-ring (bicyclic) bond motifs is 1. The Labute approximate surface area is 138 Å². The van der Waals surface area contributed by atoms with E-state index in [0.29, 0.717) is 16.2 Å². The number of imide groups is 1. The normalized spacial score (nSPS) is 14.3. The Morgan fingerprint density at radius 1 is 0.958 bits per heavy atom. The van der Waals surface area contributed by atoms with Crippen molar-refractivity contribution in [2.45, 2.75) is 6.42 Å². The molecule has 0 spiro atoms. The molecule has 0 aliphatic carbocycles. The number of hydroxylamine groups is 2. The van der Waals surface area contributed by atoms with Gasteiger partial charge in [0.2, 0.25) is 0 Å². The fourth-order valence-corrected chi connectivity index (χ4v) is 2.56. The smallest absolute Gasteiger partial charge is 0.325 e. The average molecular weight is 359 g/mol. The topological polar surface area (TPSA) is 123 Å². The van der Waals surface area contributed by atoms with Crippen LogP contribution in [0.3, 0.4) is 0 Å². The van der Waals surface area contributed by atoms with Gasteiger partial charge in [0, 0.05) is 0 Å². The highest BCUT2D eigenvalue weighted by Crippen LogP contribution is 2.34. The van der Waals surface area contributed by atoms with Gasteiger partial charge in [-0.2, -0.15) is 0 Å². The second-order valence-corrected chi connectivity index (χ2v) is 6.74. The van der Waals surface area contributed by atoms with Gasteiger partial charge in [-0.25, -0.2) is 0 Å². The largest absolute Gasteiger partial charge is 0.355 e. The van der Waals surface area contributed by atoms with Gasteiger partial charge in [0.25, 0.3) is 11.8 Å². The molecule has 2 amide bonds. The van der Waals surface area contributed by atoms with Crippen LogP contribution in [-0.2, 0) is 18.9 Å². The van der Waals surface area contributed by atoms with Crippen molar-refractivity contribution in [1.29, 1.82) is 0 Å². The van der Waals surface area contributed by atoms with E-state index in [1.54, 1.807) is 24.3 Å². The van der Waals surface area contributed by atoms with E-state index in [2.05, 4.69) is 0 Å². The van der Waals surface area contributed by atoms with Gasteiger partial charge in [-0.05, 0) is 18.6 Å². The van der Waals surface area contributed by atoms with Gasteiger partial charge in [-0.1, -0.05) is 12.1 Å². The molecule has 0 aromatic heterocycles. The summed E-state index contributed by atoms with van der Waals surface area (Å²) in [5.41, 5.74) is 0.605. The van der Waals surface area contributed by atoms with Gasteiger partial charge in [0.1, 0.15) is 6.79 Å². The average Bonchev–Trinajstić information content (AvgIpc) is 2.77. The van der Waals surface area contributed by atoms with Crippen molar-refractivity contribution in [3.63, 3.8) is 0 Å². The molecule has 1 aliphatic heterocycles. The molecule has 24 heavy (non-hydrogen) atoms. The molecule has 1 aromatic carbocycles. The minimum Gasteiger partial charge on any atom is -0.355 e. The van der Waals surface area contributed by atoms with Crippen molar-refractivity contribution in [3.8, 4) is 0 Å². The Kier molecular flexibility index (Phi) is 6.61. The molecule has 0 atom stereocenters. The van der Waals surface area contributed by atoms with E-state index in [4.69, 9.17) is 24.1 Å². The summed E-state index contributed by atoms with van der Waals surface area (Å²) >= 11 is 0. The molecule has 1 heterocycles. The SMILES string of the molecule is O=C1c2ccccc2C(=O)N1OCCOCOCCCP(=O)(O)O. The quantitative estimate of drug-likeness (QED) is 0.272. The number of rotatable bonds is 10. The number of carbonyl (C=O) groups is 2. The Balaban J connectivity index is 1.58. The third kappa shape index (κ3) is 5.20. The van der Waals surface area contributed by atoms with E-state index >= 15 is 0 Å². The van der Waals surface area contributed by atoms with E-state index in [-0.39, 0.29) is 39.2 Å². The zero-order valence-electron chi connectivity index (χ0n) is 12.8. The molecule has 0 fully saturated rings. The van der Waals surface area contributed by atoms with Crippen molar-refractivity contribution in [1.82, 2.24) is 5.06 Å². The van der Waals surface area contributed by atoms with Crippen LogP contribution in [-0.4, -0.2) is 59.4 Å². The highest BCUT2D eigenvalue weighted by molar-refractivity contribution is 7.51. The fourth-order valence-electron chi connectivity index (χ4n) is 2.02. The van der Waals surface area contributed by atoms with Gasteiger partial charge in [0.15, 0.2) is 0 Å². The summed E-state index contributed by atoms with van der Waals surface area (Å²) in [6.07, 6.45) is -0.0188. The highest BCUT2D eigenvalue weighted by atomic mass is 31.2. The molecular formula is C14H18NO8P. The van der Waals surface area contributed by atoms with Crippen LogP contribution in [0.2, 0.25) is 0 Å². The highest BCUT2D eigenvalue weighted by Gasteiger charge is 2.36. The minimum absolute atomic E-state index is 0.0166. The van der Waals surface area contributed by atoms with Crippen molar-refractivity contribution < 1.29 is 38.3 Å². The number of amides is 2. The van der Waals surface area contributed by atoms with Crippen LogP contribution in [0.1, 0.15) is 27.1 Å². The van der Waals surface area contributed by atoms with E-state index in [9.17, 15) is 14.2 Å². The van der Waals surface area contributed by atoms with E-state index in [0.717, 1.165) is 0 Å². The van der Waals surface area contributed by atoms with Crippen molar-refractivity contribution >= 4 is 19.4 Å². The van der Waals surface area contributed by atoms with Crippen LogP contribution >= 0.6 is 7.60 Å². The predicted molar refractivity (Wildman–Crippen MR) is 81.2 cm³/mol. The number of carbonyl (C=O) groups excluding carboxylic acids is 2. The Morgan fingerprint density at radius 3 is 2.12 bits per heavy atom. The van der Waals surface area contributed by atoms with Gasteiger partial charge in [-0.15, -0.1) is 5.06 Å². The van der Waals surface area contributed by atoms with Gasteiger partial charge in [-0.3, -0.25) is 19.0 Å². The van der Waals surface area contributed by atoms with E-state index < -0.39 is 19.4 Å². The molecule has 0 bridgehead atoms. The van der Waals surface area contributed by atoms with Crippen LogP contribution in [0.25, 0.3) is 0 Å². The third-order valence-electron chi connectivity index (χ3n) is 3.11. The molecule has 10 heteroatoms. The molecule has 132 valence electrons. The third-order valence-corrected chi connectivity index (χ3v) is 4.01. The number of hydrogen-bond donors (Lipinski definition) is 2. The molecule has 1 aliphatic rings. The fraction of sp³-hybridized carbons (Fsp3) is 0.429. The van der Waals surface area contributed by atoms with E-state index in [1.807, 2.05) is 0 Å². The molecule has 0 saturated carbocycles. The monoisotopic (exact) mass is 359 g/mol. The lowest BCUT2D eigenvalue weighted by Gasteiger charge is -2.13. The number of nitrogens with zero attached hydrogens (tertiary/aromatic N) is 1. The lowest BCUT2D eigenvalue weighted by molar-refractivity contribution is -0.125. The number of ether oxygens (including phenoxy) is 2. The maximum absolute atomic E-state index is 12.0. The second kappa shape index (κ2) is 8.48. The van der Waals surface area contributed by atoms with Crippen LogP contribution in [0.5, 0.6) is 0 Å². The molecule has 0 saturated heterocycles. The van der Waals surface area contributed by atoms with Crippen LogP contribution in [0.15, 0.2) is 24.3 Å². The first-order valence-corrected chi connectivity index (χ1v) is 9.01. The molecular weight excluding hydrogens is 341 g/mol. The van der Waals surface area contributed by atoms with Crippen LogP contribution in [0, 0.1) is 0 Å². The molecule has 1 aromatic rings. The Bertz CT molecular complexity index is 608. The lowest BCUT2D eigenvalue weighted by Crippen LogP contribution is -2.31. The van der Waals surface area contributed by atoms with Crippen LogP contribution < -0.4 is 0 Å². The van der Waals surface area contributed by atoms with Gasteiger partial charge in [0.05, 0.1) is 37.1 Å². The van der Waals surface area contributed by atoms with Gasteiger partial charge >= 0.3 is 7.60 Å². The molecule has 2 N–H and O–H groups in total. The molecule has 9 nitrogen and oxygen atoms in total. The summed E-state index contributed by atoms with van der Waals surface area (Å²) in [5, 5.41) is 0.703. The van der Waals surface area contributed by atoms with Gasteiger partial charge < -0.3 is 19.3 Å². The van der Waals surface area contributed by atoms with Crippen molar-refractivity contribution in [3.05, 3.63) is 35.4 Å². The first-order valence-electron chi connectivity index (χ1n) is 7.21. The van der Waals surface area contributed by atoms with Crippen LogP contribution in [0.4, 0.5) is 0 Å². The molecule has 2 rings (SSSR count). The number of benzene rings is 1. The summed E-state index contributed by atoms with van der Waals surface area (Å²) in [5.74, 6) is -1.02. The first-order chi connectivity index (χ1) is 11.4. The summed E-state index contributed by atoms with van der Waals surface area (Å²) in [4.78, 5) is 46.4. The predicted octanol–water partition coefficient (Wildman–Crippen LogP) is 0.773. The summed E-state index contributed by atoms with van der Waals surface area (Å²) in [6, 6.07) is 6.45. The minimum atomic E-state index is -3.99. The Morgan fingerprint density at radius 2 is 1.54 bits per heavy atom. The summed E-state index contributed by atoms with van der Waals surface area (Å²) < 4.78 is 20.7. The zero-order chi connectivity index (χ0) is 17.6. The zero-order valence-corrected chi connectivity index (χ0v) is 13.7. The molecule has 0 unspecified atom stereocenters. The maximum Gasteiger partial charge on any atom is 0.325 e. The number of hydrogen-bond acceptors (Lipinski definition) is 6. The standard InChI is InChI=1S/C14H18NO8P/c16-13-11-4-1-2-5-12(11)14(17)15(13)23-8-7-22-10-21-6-3-9-24(18,19)20/h1-2,4-5H,3,6-10H2,(H2,18,19,20). The Hall–Kier alpha value is -1.61. The maximum atomic E-state index is 12.0. The summed E-state index contributed by atoms with van der Waals surface area (Å²) in [7, 11) is -3.99. The van der Waals surface area contributed by atoms with Crippen molar-refractivity contribution in [2.24, 2.45) is 0 Å². The van der Waals surface area contributed by atoms with E-state index in [1.165, 1.54) is 0 Å². The van der Waals surface area contributed by atoms with Crippen molar-refractivity contribution in [2.75, 3.05) is 32.8 Å². The summed E-state index contributed by atoms with van der Waals surface area (Å²) in [6.45, 7) is 0.153. The molecule has 0 radical (unpaired) electrons. The second-order valence-electron chi connectivity index (χ2n) is 4.96. The lowest BCUT2D eigenvalue weighted by atomic mass is 10.1.